The summed E-state index contributed by atoms with van der Waals surface area (Å²) >= 11 is 1.43. The van der Waals surface area contributed by atoms with Crippen LogP contribution < -0.4 is 15.4 Å². The molecule has 1 heterocycles. The Kier molecular flexibility index (Phi) is 7.25. The lowest BCUT2D eigenvalue weighted by Crippen LogP contribution is -2.44. The van der Waals surface area contributed by atoms with E-state index >= 15 is 0 Å². The van der Waals surface area contributed by atoms with Crippen LogP contribution in [-0.2, 0) is 11.4 Å². The number of nitrogens with zero attached hydrogens (tertiary/aromatic N) is 1. The molecule has 1 fully saturated rings. The van der Waals surface area contributed by atoms with E-state index in [9.17, 15) is 9.59 Å². The van der Waals surface area contributed by atoms with E-state index in [0.717, 1.165) is 36.4 Å². The monoisotopic (exact) mass is 415 g/mol. The summed E-state index contributed by atoms with van der Waals surface area (Å²) in [5, 5.41) is 8.71. The molecule has 0 bridgehead atoms. The first kappa shape index (κ1) is 21.3. The van der Waals surface area contributed by atoms with E-state index in [2.05, 4.69) is 15.6 Å². The van der Waals surface area contributed by atoms with Crippen LogP contribution in [0, 0.1) is 12.8 Å². The van der Waals surface area contributed by atoms with Crippen LogP contribution in [0.5, 0.6) is 5.75 Å². The normalized spacial score (nSPS) is 19.0. The van der Waals surface area contributed by atoms with Gasteiger partial charge in [-0.2, -0.15) is 0 Å². The number of nitrogens with one attached hydrogen (secondary N) is 2. The van der Waals surface area contributed by atoms with Crippen LogP contribution in [0.1, 0.15) is 60.6 Å². The van der Waals surface area contributed by atoms with E-state index in [1.165, 1.54) is 16.9 Å². The lowest BCUT2D eigenvalue weighted by atomic mass is 9.90. The van der Waals surface area contributed by atoms with Gasteiger partial charge < -0.3 is 15.4 Å². The SMILES string of the molecule is Cc1ccc(OCc2nc(C(=O)NC3CCC(NC(=O)C(C)C)CC3)cs2)cc1. The first-order valence-corrected chi connectivity index (χ1v) is 11.0. The summed E-state index contributed by atoms with van der Waals surface area (Å²) in [4.78, 5) is 28.7. The van der Waals surface area contributed by atoms with Crippen molar-refractivity contribution in [1.29, 1.82) is 0 Å². The molecule has 2 amide bonds. The molecular formula is C22H29N3O3S. The molecule has 0 unspecified atom stereocenters. The Labute approximate surface area is 176 Å². The van der Waals surface area contributed by atoms with Crippen LogP contribution in [0.4, 0.5) is 0 Å². The quantitative estimate of drug-likeness (QED) is 0.720. The van der Waals surface area contributed by atoms with Crippen LogP contribution in [-0.4, -0.2) is 28.9 Å². The fraction of sp³-hybridized carbons (Fsp3) is 0.500. The maximum Gasteiger partial charge on any atom is 0.270 e. The smallest absolute Gasteiger partial charge is 0.270 e. The number of benzene rings is 1. The van der Waals surface area contributed by atoms with Gasteiger partial charge in [0.15, 0.2) is 0 Å². The molecule has 0 aliphatic heterocycles. The highest BCUT2D eigenvalue weighted by atomic mass is 32.1. The van der Waals surface area contributed by atoms with Crippen molar-refractivity contribution in [1.82, 2.24) is 15.6 Å². The molecule has 29 heavy (non-hydrogen) atoms. The van der Waals surface area contributed by atoms with Crippen molar-refractivity contribution in [2.24, 2.45) is 5.92 Å². The van der Waals surface area contributed by atoms with Gasteiger partial charge in [-0.3, -0.25) is 9.59 Å². The van der Waals surface area contributed by atoms with Crippen molar-refractivity contribution in [2.45, 2.75) is 65.1 Å². The Morgan fingerprint density at radius 1 is 1.10 bits per heavy atom. The Morgan fingerprint density at radius 2 is 1.72 bits per heavy atom. The number of aryl methyl sites for hydroxylation is 1. The van der Waals surface area contributed by atoms with Crippen LogP contribution in [0.2, 0.25) is 0 Å². The molecule has 1 aliphatic carbocycles. The highest BCUT2D eigenvalue weighted by Gasteiger charge is 2.25. The number of thiazole rings is 1. The molecule has 0 radical (unpaired) electrons. The molecule has 1 aliphatic rings. The topological polar surface area (TPSA) is 80.3 Å². The molecule has 2 aromatic rings. The fourth-order valence-corrected chi connectivity index (χ4v) is 3.96. The lowest BCUT2D eigenvalue weighted by Gasteiger charge is -2.30. The van der Waals surface area contributed by atoms with Crippen LogP contribution in [0.15, 0.2) is 29.6 Å². The Morgan fingerprint density at radius 3 is 2.34 bits per heavy atom. The predicted octanol–water partition coefficient (Wildman–Crippen LogP) is 3.84. The van der Waals surface area contributed by atoms with Gasteiger partial charge in [0.1, 0.15) is 23.1 Å². The first-order chi connectivity index (χ1) is 13.9. The van der Waals surface area contributed by atoms with Crippen molar-refractivity contribution < 1.29 is 14.3 Å². The molecule has 1 aromatic heterocycles. The third-order valence-electron chi connectivity index (χ3n) is 5.10. The van der Waals surface area contributed by atoms with Gasteiger partial charge in [-0.05, 0) is 44.7 Å². The van der Waals surface area contributed by atoms with Crippen molar-refractivity contribution in [3.63, 3.8) is 0 Å². The van der Waals surface area contributed by atoms with E-state index in [4.69, 9.17) is 4.74 Å². The third kappa shape index (κ3) is 6.29. The van der Waals surface area contributed by atoms with Crippen molar-refractivity contribution in [3.05, 3.63) is 45.9 Å². The van der Waals surface area contributed by atoms with Crippen LogP contribution in [0.25, 0.3) is 0 Å². The predicted molar refractivity (Wildman–Crippen MR) is 114 cm³/mol. The maximum absolute atomic E-state index is 12.5. The Balaban J connectivity index is 1.43. The molecule has 6 nitrogen and oxygen atoms in total. The highest BCUT2D eigenvalue weighted by molar-refractivity contribution is 7.09. The van der Waals surface area contributed by atoms with E-state index in [1.54, 1.807) is 5.38 Å². The highest BCUT2D eigenvalue weighted by Crippen LogP contribution is 2.20. The molecule has 2 N–H and O–H groups in total. The minimum atomic E-state index is -0.141. The zero-order valence-electron chi connectivity index (χ0n) is 17.2. The summed E-state index contributed by atoms with van der Waals surface area (Å²) < 4.78 is 5.73. The second-order valence-corrected chi connectivity index (χ2v) is 8.86. The minimum absolute atomic E-state index is 0.00118. The number of rotatable bonds is 7. The molecular weight excluding hydrogens is 386 g/mol. The van der Waals surface area contributed by atoms with Gasteiger partial charge in [-0.1, -0.05) is 31.5 Å². The average molecular weight is 416 g/mol. The number of carbonyl (C=O) groups excluding carboxylic acids is 2. The summed E-state index contributed by atoms with van der Waals surface area (Å²) in [6.07, 6.45) is 3.50. The van der Waals surface area contributed by atoms with Crippen molar-refractivity contribution in [2.75, 3.05) is 0 Å². The van der Waals surface area contributed by atoms with Crippen LogP contribution in [0.3, 0.4) is 0 Å². The molecule has 156 valence electrons. The molecule has 0 spiro atoms. The number of ether oxygens (including phenoxy) is 1. The summed E-state index contributed by atoms with van der Waals surface area (Å²) in [6.45, 7) is 6.18. The zero-order chi connectivity index (χ0) is 20.8. The molecule has 1 aromatic carbocycles. The van der Waals surface area contributed by atoms with Gasteiger partial charge in [0, 0.05) is 23.4 Å². The summed E-state index contributed by atoms with van der Waals surface area (Å²) in [5.41, 5.74) is 1.62. The maximum atomic E-state index is 12.5. The number of hydrogen-bond acceptors (Lipinski definition) is 5. The largest absolute Gasteiger partial charge is 0.486 e. The summed E-state index contributed by atoms with van der Waals surface area (Å²) in [5.74, 6) is 0.747. The number of amides is 2. The zero-order valence-corrected chi connectivity index (χ0v) is 18.1. The molecule has 0 atom stereocenters. The lowest BCUT2D eigenvalue weighted by molar-refractivity contribution is -0.124. The van der Waals surface area contributed by atoms with Crippen LogP contribution >= 0.6 is 11.3 Å². The third-order valence-corrected chi connectivity index (χ3v) is 5.92. The van der Waals surface area contributed by atoms with Gasteiger partial charge in [0.25, 0.3) is 5.91 Å². The first-order valence-electron chi connectivity index (χ1n) is 10.2. The van der Waals surface area contributed by atoms with Crippen molar-refractivity contribution >= 4 is 23.2 Å². The van der Waals surface area contributed by atoms with Gasteiger partial charge in [-0.15, -0.1) is 11.3 Å². The number of aromatic nitrogens is 1. The Hall–Kier alpha value is -2.41. The van der Waals surface area contributed by atoms with E-state index in [-0.39, 0.29) is 29.8 Å². The van der Waals surface area contributed by atoms with Crippen molar-refractivity contribution in [3.8, 4) is 5.75 Å². The Bertz CT molecular complexity index is 824. The molecule has 0 saturated heterocycles. The van der Waals surface area contributed by atoms with E-state index < -0.39 is 0 Å². The number of hydrogen-bond donors (Lipinski definition) is 2. The van der Waals surface area contributed by atoms with Gasteiger partial charge in [0.05, 0.1) is 0 Å². The standard InChI is InChI=1S/C22H29N3O3S/c1-14(2)21(26)23-16-6-8-17(9-7-16)24-22(27)19-13-29-20(25-19)12-28-18-10-4-15(3)5-11-18/h4-5,10-11,13-14,16-17H,6-9,12H2,1-3H3,(H,23,26)(H,24,27). The van der Waals surface area contributed by atoms with E-state index in [0.29, 0.717) is 12.3 Å². The molecule has 1 saturated carbocycles. The fourth-order valence-electron chi connectivity index (χ4n) is 3.27. The summed E-state index contributed by atoms with van der Waals surface area (Å²) in [6, 6.07) is 8.19. The van der Waals surface area contributed by atoms with Gasteiger partial charge in [-0.25, -0.2) is 4.98 Å². The number of carbonyl (C=O) groups is 2. The molecule has 3 rings (SSSR count). The summed E-state index contributed by atoms with van der Waals surface area (Å²) in [7, 11) is 0. The van der Waals surface area contributed by atoms with Gasteiger partial charge in [0.2, 0.25) is 5.91 Å². The average Bonchev–Trinajstić information content (AvgIpc) is 3.18. The minimum Gasteiger partial charge on any atom is -0.486 e. The second kappa shape index (κ2) is 9.87. The van der Waals surface area contributed by atoms with E-state index in [1.807, 2.05) is 45.0 Å². The second-order valence-electron chi connectivity index (χ2n) is 7.91. The van der Waals surface area contributed by atoms with Gasteiger partial charge >= 0.3 is 0 Å². The molecule has 7 heteroatoms.